The lowest BCUT2D eigenvalue weighted by Gasteiger charge is -2.16. The van der Waals surface area contributed by atoms with E-state index >= 15 is 0 Å². The first-order chi connectivity index (χ1) is 13.0. The number of ketones is 2. The molecule has 1 aromatic carbocycles. The lowest BCUT2D eigenvalue weighted by molar-refractivity contribution is -0.861. The van der Waals surface area contributed by atoms with E-state index in [9.17, 15) is 14.4 Å². The zero-order chi connectivity index (χ0) is 21.2. The van der Waals surface area contributed by atoms with Crippen LogP contribution in [0, 0.1) is 34.6 Å². The van der Waals surface area contributed by atoms with Gasteiger partial charge in [-0.05, 0) is 58.2 Å². The Morgan fingerprint density at radius 2 is 1.57 bits per heavy atom. The highest BCUT2D eigenvalue weighted by atomic mass is 16.2. The predicted octanol–water partition coefficient (Wildman–Crippen LogP) is 2.10. The van der Waals surface area contributed by atoms with Crippen LogP contribution in [0.5, 0.6) is 0 Å². The number of aryl methyl sites for hydroxylation is 4. The number of rotatable bonds is 7. The van der Waals surface area contributed by atoms with Gasteiger partial charge in [0.25, 0.3) is 5.91 Å². The smallest absolute Gasteiger partial charge is 0.279 e. The van der Waals surface area contributed by atoms with E-state index in [4.69, 9.17) is 0 Å². The van der Waals surface area contributed by atoms with Gasteiger partial charge in [0.2, 0.25) is 5.78 Å². The first-order valence-corrected chi connectivity index (χ1v) is 9.43. The molecular formula is C22H30N3O3+. The molecule has 3 N–H and O–H groups in total. The molecule has 1 aromatic heterocycles. The highest BCUT2D eigenvalue weighted by molar-refractivity contribution is 6.03. The Morgan fingerprint density at radius 1 is 1.00 bits per heavy atom. The zero-order valence-corrected chi connectivity index (χ0v) is 17.8. The maximum absolute atomic E-state index is 12.7. The summed E-state index contributed by atoms with van der Waals surface area (Å²) in [4.78, 5) is 40.7. The Hall–Kier alpha value is -2.73. The molecule has 1 atom stereocenters. The van der Waals surface area contributed by atoms with Crippen molar-refractivity contribution in [3.63, 3.8) is 0 Å². The second kappa shape index (κ2) is 8.52. The minimum Gasteiger partial charge on any atom is -0.355 e. The van der Waals surface area contributed by atoms with E-state index in [-0.39, 0.29) is 30.6 Å². The molecule has 0 aliphatic heterocycles. The molecule has 0 saturated heterocycles. The van der Waals surface area contributed by atoms with Gasteiger partial charge in [-0.25, -0.2) is 0 Å². The Balaban J connectivity index is 2.03. The van der Waals surface area contributed by atoms with Gasteiger partial charge in [0.15, 0.2) is 12.3 Å². The van der Waals surface area contributed by atoms with Crippen LogP contribution in [0.25, 0.3) is 0 Å². The van der Waals surface area contributed by atoms with Gasteiger partial charge in [-0.3, -0.25) is 14.4 Å². The van der Waals surface area contributed by atoms with Crippen LogP contribution in [-0.2, 0) is 4.79 Å². The van der Waals surface area contributed by atoms with E-state index in [0.717, 1.165) is 27.3 Å². The Bertz CT molecular complexity index is 918. The molecule has 6 nitrogen and oxygen atoms in total. The number of anilines is 1. The molecule has 0 radical (unpaired) electrons. The molecule has 0 aliphatic rings. The number of quaternary nitrogens is 1. The summed E-state index contributed by atoms with van der Waals surface area (Å²) in [5, 5.41) is 2.97. The number of carbonyl (C=O) groups excluding carboxylic acids is 3. The number of nitrogens with one attached hydrogen (secondary N) is 3. The third kappa shape index (κ3) is 4.75. The van der Waals surface area contributed by atoms with Crippen LogP contribution in [0.4, 0.5) is 5.69 Å². The normalized spacial score (nSPS) is 12.0. The van der Waals surface area contributed by atoms with Crippen LogP contribution in [0.3, 0.4) is 0 Å². The summed E-state index contributed by atoms with van der Waals surface area (Å²) in [5.41, 5.74) is 6.44. The van der Waals surface area contributed by atoms with Crippen molar-refractivity contribution < 1.29 is 19.3 Å². The van der Waals surface area contributed by atoms with Gasteiger partial charge in [0.05, 0.1) is 12.7 Å². The fourth-order valence-corrected chi connectivity index (χ4v) is 3.82. The average Bonchev–Trinajstić information content (AvgIpc) is 2.85. The quantitative estimate of drug-likeness (QED) is 0.639. The molecule has 0 spiro atoms. The standard InChI is InChI=1S/C22H29N3O3/c1-12-8-13(2)21(14(3)9-12)24-19(28)11-25(7)10-18(27)22-15(4)20(17(6)26)16(5)23-22/h8-9,23H,10-11H2,1-7H3,(H,24,28)/p+1. The predicted molar refractivity (Wildman–Crippen MR) is 111 cm³/mol. The minimum atomic E-state index is -0.135. The van der Waals surface area contributed by atoms with Crippen molar-refractivity contribution >= 4 is 23.2 Å². The molecule has 6 heteroatoms. The van der Waals surface area contributed by atoms with Crippen LogP contribution < -0.4 is 10.2 Å². The number of amides is 1. The number of hydrogen-bond acceptors (Lipinski definition) is 3. The van der Waals surface area contributed by atoms with Crippen molar-refractivity contribution in [3.8, 4) is 0 Å². The average molecular weight is 385 g/mol. The van der Waals surface area contributed by atoms with Crippen molar-refractivity contribution in [3.05, 3.63) is 51.3 Å². The Labute approximate surface area is 166 Å². The minimum absolute atomic E-state index is 0.0609. The summed E-state index contributed by atoms with van der Waals surface area (Å²) in [6.45, 7) is 11.4. The number of likely N-dealkylation sites (N-methyl/N-ethyl adjacent to an activating group) is 1. The number of benzene rings is 1. The van der Waals surface area contributed by atoms with Gasteiger partial charge in [-0.1, -0.05) is 17.7 Å². The third-order valence-corrected chi connectivity index (χ3v) is 4.93. The molecule has 2 rings (SSSR count). The fraction of sp³-hybridized carbons (Fsp3) is 0.409. The molecule has 150 valence electrons. The van der Waals surface area contributed by atoms with Gasteiger partial charge in [-0.2, -0.15) is 0 Å². The number of H-pyrrole nitrogens is 1. The fourth-order valence-electron chi connectivity index (χ4n) is 3.82. The summed E-state index contributed by atoms with van der Waals surface area (Å²) in [5.74, 6) is -0.306. The van der Waals surface area contributed by atoms with E-state index in [1.54, 1.807) is 13.8 Å². The molecule has 0 aliphatic carbocycles. The highest BCUT2D eigenvalue weighted by Gasteiger charge is 2.23. The molecule has 0 saturated carbocycles. The van der Waals surface area contributed by atoms with Crippen LogP contribution >= 0.6 is 0 Å². The van der Waals surface area contributed by atoms with Gasteiger partial charge >= 0.3 is 0 Å². The number of Topliss-reactive ketones (excluding diaryl/α,β-unsaturated/α-hetero) is 2. The first kappa shape index (κ1) is 21.6. The SMILES string of the molecule is CC(=O)c1c(C)[nH]c(C(=O)C[NH+](C)CC(=O)Nc2c(C)cc(C)cc2C)c1C. The van der Waals surface area contributed by atoms with E-state index in [0.29, 0.717) is 22.5 Å². The third-order valence-electron chi connectivity index (χ3n) is 4.93. The Morgan fingerprint density at radius 3 is 2.07 bits per heavy atom. The lowest BCUT2D eigenvalue weighted by atomic mass is 10.0. The second-order valence-corrected chi connectivity index (χ2v) is 7.74. The van der Waals surface area contributed by atoms with Crippen LogP contribution in [0.2, 0.25) is 0 Å². The summed E-state index contributed by atoms with van der Waals surface area (Å²) < 4.78 is 0. The summed E-state index contributed by atoms with van der Waals surface area (Å²) in [6, 6.07) is 4.07. The molecule has 1 unspecified atom stereocenters. The van der Waals surface area contributed by atoms with Gasteiger partial charge < -0.3 is 15.2 Å². The maximum atomic E-state index is 12.7. The largest absolute Gasteiger partial charge is 0.355 e. The molecule has 1 amide bonds. The summed E-state index contributed by atoms with van der Waals surface area (Å²) in [6.07, 6.45) is 0. The maximum Gasteiger partial charge on any atom is 0.279 e. The van der Waals surface area contributed by atoms with Gasteiger partial charge in [-0.15, -0.1) is 0 Å². The number of aromatic amines is 1. The highest BCUT2D eigenvalue weighted by Crippen LogP contribution is 2.21. The van der Waals surface area contributed by atoms with Crippen molar-refractivity contribution in [2.75, 3.05) is 25.5 Å². The molecule has 28 heavy (non-hydrogen) atoms. The van der Waals surface area contributed by atoms with E-state index in [2.05, 4.69) is 10.3 Å². The molecule has 0 fully saturated rings. The molecule has 0 bridgehead atoms. The number of aromatic nitrogens is 1. The molecule has 2 aromatic rings. The zero-order valence-electron chi connectivity index (χ0n) is 17.8. The van der Waals surface area contributed by atoms with Crippen LogP contribution in [0.15, 0.2) is 12.1 Å². The topological polar surface area (TPSA) is 83.5 Å². The number of hydrogen-bond donors (Lipinski definition) is 3. The van der Waals surface area contributed by atoms with Crippen LogP contribution in [-0.4, -0.2) is 42.6 Å². The van der Waals surface area contributed by atoms with Gasteiger partial charge in [0.1, 0.15) is 6.54 Å². The first-order valence-electron chi connectivity index (χ1n) is 9.43. The summed E-state index contributed by atoms with van der Waals surface area (Å²) in [7, 11) is 1.81. The monoisotopic (exact) mass is 384 g/mol. The van der Waals surface area contributed by atoms with Crippen LogP contribution in [0.1, 0.15) is 55.7 Å². The van der Waals surface area contributed by atoms with Crippen molar-refractivity contribution in [2.24, 2.45) is 0 Å². The van der Waals surface area contributed by atoms with E-state index in [1.165, 1.54) is 6.92 Å². The lowest BCUT2D eigenvalue weighted by Crippen LogP contribution is -3.11. The molecule has 1 heterocycles. The molecular weight excluding hydrogens is 354 g/mol. The van der Waals surface area contributed by atoms with Crippen molar-refractivity contribution in [1.82, 2.24) is 4.98 Å². The van der Waals surface area contributed by atoms with E-state index < -0.39 is 0 Å². The number of carbonyl (C=O) groups is 3. The summed E-state index contributed by atoms with van der Waals surface area (Å²) >= 11 is 0. The Kier molecular flexibility index (Phi) is 6.56. The van der Waals surface area contributed by atoms with Crippen molar-refractivity contribution in [1.29, 1.82) is 0 Å². The van der Waals surface area contributed by atoms with Gasteiger partial charge in [0, 0.05) is 16.9 Å². The van der Waals surface area contributed by atoms with Crippen molar-refractivity contribution in [2.45, 2.75) is 41.5 Å². The second-order valence-electron chi connectivity index (χ2n) is 7.74. The van der Waals surface area contributed by atoms with E-state index in [1.807, 2.05) is 40.0 Å².